The Labute approximate surface area is 97.9 Å². The number of halogens is 1. The van der Waals surface area contributed by atoms with Crippen molar-refractivity contribution in [2.24, 2.45) is 11.7 Å². The Balaban J connectivity index is -0.0000000761. The first-order valence-corrected chi connectivity index (χ1v) is 3.77. The summed E-state index contributed by atoms with van der Waals surface area (Å²) in [5.74, 6) is 0.531. The Morgan fingerprint density at radius 2 is 1.54 bits per heavy atom. The summed E-state index contributed by atoms with van der Waals surface area (Å²) < 4.78 is 9.50. The predicted molar refractivity (Wildman–Crippen MR) is 55.2 cm³/mol. The van der Waals surface area contributed by atoms with E-state index >= 15 is 0 Å². The summed E-state index contributed by atoms with van der Waals surface area (Å²) in [5, 5.41) is 0. The monoisotopic (exact) mass is 371 g/mol. The van der Waals surface area contributed by atoms with Gasteiger partial charge < -0.3 is 20.6 Å². The van der Waals surface area contributed by atoms with Crippen LogP contribution in [0.25, 0.3) is 0 Å². The first kappa shape index (κ1) is 23.3. The molecule has 0 aromatic heterocycles. The molecule has 3 heteroatoms. The molecule has 0 spiro atoms. The van der Waals surface area contributed by atoms with Crippen LogP contribution in [0.2, 0.25) is 0 Å². The van der Waals surface area contributed by atoms with E-state index in [0.29, 0.717) is 19.1 Å². The van der Waals surface area contributed by atoms with E-state index in [-0.39, 0.29) is 35.9 Å². The van der Waals surface area contributed by atoms with Gasteiger partial charge in [-0.2, -0.15) is 0 Å². The van der Waals surface area contributed by atoms with Crippen molar-refractivity contribution in [2.45, 2.75) is 31.7 Å². The molecule has 0 aromatic rings. The molecular formula is C10H23FNPt-. The zero-order chi connectivity index (χ0) is 7.98. The van der Waals surface area contributed by atoms with Gasteiger partial charge in [0, 0.05) is 27.1 Å². The van der Waals surface area contributed by atoms with Gasteiger partial charge in [-0.3, -0.25) is 4.39 Å². The third-order valence-electron chi connectivity index (χ3n) is 1.97. The van der Waals surface area contributed by atoms with Crippen LogP contribution in [0.5, 0.6) is 0 Å². The van der Waals surface area contributed by atoms with E-state index in [1.807, 2.05) is 0 Å². The maximum Gasteiger partial charge on any atom is 0.110 e. The van der Waals surface area contributed by atoms with Gasteiger partial charge >= 0.3 is 0 Å². The average Bonchev–Trinajstić information content (AvgIpc) is 2.00. The SMILES string of the molecule is CF.[CH2+]C1CCCCC1N.[CH3-].[CH3-].[Pt]. The van der Waals surface area contributed by atoms with E-state index < -0.39 is 0 Å². The predicted octanol–water partition coefficient (Wildman–Crippen LogP) is 2.82. The molecule has 1 saturated carbocycles. The van der Waals surface area contributed by atoms with Crippen LogP contribution in [0.4, 0.5) is 4.39 Å². The maximum atomic E-state index is 9.50. The molecule has 0 aromatic carbocycles. The van der Waals surface area contributed by atoms with E-state index in [2.05, 4.69) is 6.92 Å². The molecule has 0 bridgehead atoms. The number of alkyl halides is 1. The van der Waals surface area contributed by atoms with Gasteiger partial charge in [0.15, 0.2) is 0 Å². The average molecular weight is 371 g/mol. The molecule has 2 N–H and O–H groups in total. The van der Waals surface area contributed by atoms with Crippen LogP contribution in [-0.2, 0) is 21.1 Å². The Morgan fingerprint density at radius 1 is 1.15 bits per heavy atom. The van der Waals surface area contributed by atoms with Gasteiger partial charge in [0.2, 0.25) is 0 Å². The Kier molecular flexibility index (Phi) is 26.8. The molecule has 0 radical (unpaired) electrons. The Bertz CT molecular complexity index is 71.3. The molecule has 0 saturated heterocycles. The number of nitrogens with two attached hydrogens (primary N) is 1. The van der Waals surface area contributed by atoms with Gasteiger partial charge in [0.25, 0.3) is 0 Å². The van der Waals surface area contributed by atoms with Crippen molar-refractivity contribution >= 4 is 0 Å². The van der Waals surface area contributed by atoms with E-state index in [9.17, 15) is 4.39 Å². The molecular weight excluding hydrogens is 348 g/mol. The molecule has 0 aliphatic heterocycles. The second-order valence-electron chi connectivity index (χ2n) is 2.71. The summed E-state index contributed by atoms with van der Waals surface area (Å²) in [6.45, 7) is 3.95. The van der Waals surface area contributed by atoms with Gasteiger partial charge in [-0.15, -0.1) is 0 Å². The molecule has 2 unspecified atom stereocenters. The van der Waals surface area contributed by atoms with Crippen molar-refractivity contribution in [2.75, 3.05) is 7.18 Å². The van der Waals surface area contributed by atoms with Crippen LogP contribution in [-0.4, -0.2) is 13.2 Å². The van der Waals surface area contributed by atoms with Crippen LogP contribution < -0.4 is 5.73 Å². The summed E-state index contributed by atoms with van der Waals surface area (Å²) in [6.07, 6.45) is 5.07. The molecule has 1 aliphatic carbocycles. The zero-order valence-corrected chi connectivity index (χ0v) is 11.2. The van der Waals surface area contributed by atoms with Crippen molar-refractivity contribution in [1.82, 2.24) is 0 Å². The van der Waals surface area contributed by atoms with Gasteiger partial charge in [-0.05, 0) is 19.3 Å². The normalized spacial score (nSPS) is 24.8. The summed E-state index contributed by atoms with van der Waals surface area (Å²) in [4.78, 5) is 0. The van der Waals surface area contributed by atoms with E-state index in [1.54, 1.807) is 0 Å². The minimum absolute atomic E-state index is 0. The third-order valence-corrected chi connectivity index (χ3v) is 1.97. The van der Waals surface area contributed by atoms with Crippen LogP contribution in [0.3, 0.4) is 0 Å². The van der Waals surface area contributed by atoms with Gasteiger partial charge in [0.05, 0.1) is 14.1 Å². The fraction of sp³-hybridized carbons (Fsp3) is 0.700. The van der Waals surface area contributed by atoms with Crippen molar-refractivity contribution in [3.63, 3.8) is 0 Å². The summed E-state index contributed by atoms with van der Waals surface area (Å²) in [7, 11) is 0.500. The molecule has 13 heavy (non-hydrogen) atoms. The quantitative estimate of drug-likeness (QED) is 0.651. The largest absolute Gasteiger partial charge is 0.358 e. The third kappa shape index (κ3) is 10.4. The standard InChI is InChI=1S/C7H14N.CH3F.2CH3.Pt/c1-6-4-2-3-5-7(6)8;1-2;;;/h6-7H,1-5,8H2;1H3;2*1H3;/q+1;;2*-1;. The van der Waals surface area contributed by atoms with Gasteiger partial charge in [-0.25, -0.2) is 0 Å². The fourth-order valence-electron chi connectivity index (χ4n) is 1.24. The summed E-state index contributed by atoms with van der Waals surface area (Å²) in [5.41, 5.74) is 5.72. The number of hydrogen-bond donors (Lipinski definition) is 1. The molecule has 0 amide bonds. The van der Waals surface area contributed by atoms with Crippen molar-refractivity contribution < 1.29 is 25.5 Å². The van der Waals surface area contributed by atoms with Gasteiger partial charge in [0.1, 0.15) is 5.92 Å². The summed E-state index contributed by atoms with van der Waals surface area (Å²) in [6, 6.07) is 0.392. The van der Waals surface area contributed by atoms with Gasteiger partial charge in [-0.1, -0.05) is 6.42 Å². The number of hydrogen-bond acceptors (Lipinski definition) is 1. The molecule has 1 nitrogen and oxygen atoms in total. The molecule has 86 valence electrons. The molecule has 2 atom stereocenters. The zero-order valence-electron chi connectivity index (χ0n) is 8.96. The Morgan fingerprint density at radius 3 is 1.77 bits per heavy atom. The molecule has 1 aliphatic rings. The smallest absolute Gasteiger partial charge is 0.110 e. The first-order valence-electron chi connectivity index (χ1n) is 3.77. The van der Waals surface area contributed by atoms with Crippen molar-refractivity contribution in [3.05, 3.63) is 21.8 Å². The minimum atomic E-state index is 0. The van der Waals surface area contributed by atoms with E-state index in [0.717, 1.165) is 0 Å². The first-order chi connectivity index (χ1) is 4.80. The number of rotatable bonds is 0. The van der Waals surface area contributed by atoms with Crippen molar-refractivity contribution in [3.8, 4) is 0 Å². The van der Waals surface area contributed by atoms with Crippen LogP contribution in [0.1, 0.15) is 25.7 Å². The minimum Gasteiger partial charge on any atom is -0.358 e. The van der Waals surface area contributed by atoms with E-state index in [1.165, 1.54) is 25.7 Å². The second-order valence-corrected chi connectivity index (χ2v) is 2.71. The second kappa shape index (κ2) is 14.9. The summed E-state index contributed by atoms with van der Waals surface area (Å²) >= 11 is 0. The molecule has 0 heterocycles. The van der Waals surface area contributed by atoms with Crippen LogP contribution in [0.15, 0.2) is 0 Å². The topological polar surface area (TPSA) is 26.0 Å². The molecule has 1 rings (SSSR count). The van der Waals surface area contributed by atoms with Crippen molar-refractivity contribution in [1.29, 1.82) is 0 Å². The van der Waals surface area contributed by atoms with E-state index in [4.69, 9.17) is 5.73 Å². The molecule has 1 fully saturated rings. The van der Waals surface area contributed by atoms with Crippen LogP contribution in [0, 0.1) is 27.7 Å². The fourth-order valence-corrected chi connectivity index (χ4v) is 1.24. The Hall–Kier alpha value is 0.448. The van der Waals surface area contributed by atoms with Crippen LogP contribution >= 0.6 is 0 Å². The maximum absolute atomic E-state index is 9.50.